The van der Waals surface area contributed by atoms with Crippen LogP contribution in [-0.4, -0.2) is 43.9 Å². The van der Waals surface area contributed by atoms with E-state index in [-0.39, 0.29) is 6.10 Å². The first-order valence-corrected chi connectivity index (χ1v) is 8.92. The summed E-state index contributed by atoms with van der Waals surface area (Å²) < 4.78 is 1.81. The van der Waals surface area contributed by atoms with Gasteiger partial charge in [0.1, 0.15) is 11.6 Å². The summed E-state index contributed by atoms with van der Waals surface area (Å²) in [4.78, 5) is 8.81. The summed E-state index contributed by atoms with van der Waals surface area (Å²) in [5.74, 6) is 2.24. The number of rotatable bonds is 5. The molecule has 1 aliphatic rings. The van der Waals surface area contributed by atoms with E-state index >= 15 is 0 Å². The van der Waals surface area contributed by atoms with Gasteiger partial charge in [-0.15, -0.1) is 5.10 Å². The van der Waals surface area contributed by atoms with Crippen LogP contribution in [0.4, 0.5) is 23.3 Å². The van der Waals surface area contributed by atoms with Gasteiger partial charge in [-0.25, -0.2) is 4.98 Å². The maximum Gasteiger partial charge on any atom is 0.247 e. The summed E-state index contributed by atoms with van der Waals surface area (Å²) in [6.45, 7) is 0. The fraction of sp³-hybridized carbons (Fsp3) is 0.389. The minimum atomic E-state index is -0.158. The van der Waals surface area contributed by atoms with Crippen molar-refractivity contribution in [2.45, 2.75) is 37.8 Å². The summed E-state index contributed by atoms with van der Waals surface area (Å²) in [7, 11) is 1.83. The van der Waals surface area contributed by atoms with E-state index in [4.69, 9.17) is 0 Å². The van der Waals surface area contributed by atoms with Crippen molar-refractivity contribution in [2.75, 3.05) is 23.0 Å². The molecule has 0 radical (unpaired) electrons. The first-order chi connectivity index (χ1) is 12.7. The topological polar surface area (TPSA) is 99.4 Å². The largest absolute Gasteiger partial charge is 0.393 e. The van der Waals surface area contributed by atoms with Crippen LogP contribution < -0.4 is 16.0 Å². The first kappa shape index (κ1) is 16.6. The number of hydrogen-bond acceptors (Lipinski definition) is 7. The van der Waals surface area contributed by atoms with Gasteiger partial charge in [0.2, 0.25) is 5.95 Å². The normalized spacial score (nSPS) is 20.1. The molecular formula is C18H23N7O. The second kappa shape index (κ2) is 7.17. The molecule has 4 N–H and O–H groups in total. The fourth-order valence-electron chi connectivity index (χ4n) is 3.24. The lowest BCUT2D eigenvalue weighted by Gasteiger charge is -2.26. The molecule has 3 aromatic heterocycles. The molecule has 0 amide bonds. The van der Waals surface area contributed by atoms with E-state index < -0.39 is 0 Å². The monoisotopic (exact) mass is 353 g/mol. The average molecular weight is 353 g/mol. The van der Waals surface area contributed by atoms with Gasteiger partial charge in [-0.1, -0.05) is 6.07 Å². The molecule has 0 spiro atoms. The maximum atomic E-state index is 9.67. The standard InChI is InChI=1S/C18H23N7O/c1-19-15-10-7-13(11-20-15)22-18-23-17-4-2-3-16(25(17)24-18)21-12-5-8-14(26)9-6-12/h2-4,7,10-12,14,21,26H,5-6,8-9H2,1H3,(H,19,20)(H,22,24)/t12-,14+. The van der Waals surface area contributed by atoms with E-state index in [1.54, 1.807) is 6.20 Å². The predicted molar refractivity (Wildman–Crippen MR) is 102 cm³/mol. The molecule has 1 aliphatic carbocycles. The Bertz CT molecular complexity index is 869. The van der Waals surface area contributed by atoms with Crippen molar-refractivity contribution in [3.63, 3.8) is 0 Å². The van der Waals surface area contributed by atoms with Crippen LogP contribution in [0.25, 0.3) is 5.65 Å². The number of hydrogen-bond donors (Lipinski definition) is 4. The third-order valence-electron chi connectivity index (χ3n) is 4.68. The van der Waals surface area contributed by atoms with Gasteiger partial charge >= 0.3 is 0 Å². The number of fused-ring (bicyclic) bond motifs is 1. The number of nitrogens with zero attached hydrogens (tertiary/aromatic N) is 4. The smallest absolute Gasteiger partial charge is 0.247 e. The first-order valence-electron chi connectivity index (χ1n) is 8.92. The molecular weight excluding hydrogens is 330 g/mol. The van der Waals surface area contributed by atoms with Crippen molar-refractivity contribution in [1.29, 1.82) is 0 Å². The van der Waals surface area contributed by atoms with Crippen molar-refractivity contribution in [3.05, 3.63) is 36.5 Å². The number of anilines is 4. The zero-order valence-corrected chi connectivity index (χ0v) is 14.7. The van der Waals surface area contributed by atoms with Crippen molar-refractivity contribution in [3.8, 4) is 0 Å². The fourth-order valence-corrected chi connectivity index (χ4v) is 3.24. The number of aliphatic hydroxyl groups excluding tert-OH is 1. The highest BCUT2D eigenvalue weighted by atomic mass is 16.3. The van der Waals surface area contributed by atoms with E-state index in [2.05, 4.69) is 31.0 Å². The third kappa shape index (κ3) is 3.55. The van der Waals surface area contributed by atoms with Gasteiger partial charge in [0.25, 0.3) is 0 Å². The minimum absolute atomic E-state index is 0.158. The Kier molecular flexibility index (Phi) is 4.57. The Morgan fingerprint density at radius 1 is 1.12 bits per heavy atom. The SMILES string of the molecule is CNc1ccc(Nc2nc3cccc(N[C@H]4CC[C@@H](O)CC4)n3n2)cn1. The summed E-state index contributed by atoms with van der Waals surface area (Å²) in [5.41, 5.74) is 1.60. The van der Waals surface area contributed by atoms with Crippen LogP contribution in [0.1, 0.15) is 25.7 Å². The molecule has 3 aromatic rings. The lowest BCUT2D eigenvalue weighted by molar-refractivity contribution is 0.126. The molecule has 3 heterocycles. The highest BCUT2D eigenvalue weighted by Gasteiger charge is 2.20. The van der Waals surface area contributed by atoms with Crippen LogP contribution in [-0.2, 0) is 0 Å². The molecule has 8 nitrogen and oxygen atoms in total. The molecule has 0 aliphatic heterocycles. The minimum Gasteiger partial charge on any atom is -0.393 e. The Labute approximate surface area is 151 Å². The molecule has 26 heavy (non-hydrogen) atoms. The van der Waals surface area contributed by atoms with Crippen molar-refractivity contribution >= 4 is 28.9 Å². The van der Waals surface area contributed by atoms with E-state index in [9.17, 15) is 5.11 Å². The lowest BCUT2D eigenvalue weighted by Crippen LogP contribution is -2.29. The summed E-state index contributed by atoms with van der Waals surface area (Å²) >= 11 is 0. The second-order valence-electron chi connectivity index (χ2n) is 6.57. The Hall–Kier alpha value is -2.87. The van der Waals surface area contributed by atoms with Crippen LogP contribution in [0, 0.1) is 0 Å². The van der Waals surface area contributed by atoms with Crippen LogP contribution in [0.2, 0.25) is 0 Å². The van der Waals surface area contributed by atoms with Gasteiger partial charge in [-0.3, -0.25) is 0 Å². The van der Waals surface area contributed by atoms with Crippen LogP contribution in [0.15, 0.2) is 36.5 Å². The zero-order valence-electron chi connectivity index (χ0n) is 14.7. The summed E-state index contributed by atoms with van der Waals surface area (Å²) in [6.07, 6.45) is 5.18. The van der Waals surface area contributed by atoms with E-state index in [0.717, 1.165) is 48.7 Å². The zero-order chi connectivity index (χ0) is 17.9. The molecule has 136 valence electrons. The molecule has 0 atom stereocenters. The Balaban J connectivity index is 1.52. The number of aromatic nitrogens is 4. The van der Waals surface area contributed by atoms with Crippen LogP contribution in [0.5, 0.6) is 0 Å². The Morgan fingerprint density at radius 3 is 2.69 bits per heavy atom. The van der Waals surface area contributed by atoms with Gasteiger partial charge in [-0.05, 0) is 49.9 Å². The predicted octanol–water partition coefficient (Wildman–Crippen LogP) is 2.63. The van der Waals surface area contributed by atoms with E-state index in [1.807, 2.05) is 41.9 Å². The second-order valence-corrected chi connectivity index (χ2v) is 6.57. The number of aliphatic hydroxyl groups is 1. The molecule has 1 saturated carbocycles. The maximum absolute atomic E-state index is 9.67. The quantitative estimate of drug-likeness (QED) is 0.559. The lowest BCUT2D eigenvalue weighted by atomic mass is 9.93. The molecule has 0 saturated heterocycles. The molecule has 1 fully saturated rings. The Morgan fingerprint density at radius 2 is 1.96 bits per heavy atom. The highest BCUT2D eigenvalue weighted by molar-refractivity contribution is 5.58. The molecule has 4 rings (SSSR count). The van der Waals surface area contributed by atoms with E-state index in [1.165, 1.54) is 0 Å². The highest BCUT2D eigenvalue weighted by Crippen LogP contribution is 2.23. The number of nitrogens with one attached hydrogen (secondary N) is 3. The van der Waals surface area contributed by atoms with Gasteiger partial charge in [-0.2, -0.15) is 9.50 Å². The van der Waals surface area contributed by atoms with Crippen molar-refractivity contribution in [1.82, 2.24) is 19.6 Å². The molecule has 0 unspecified atom stereocenters. The number of pyridine rings is 2. The molecule has 0 bridgehead atoms. The van der Waals surface area contributed by atoms with Crippen molar-refractivity contribution < 1.29 is 5.11 Å². The molecule has 8 heteroatoms. The van der Waals surface area contributed by atoms with E-state index in [0.29, 0.717) is 12.0 Å². The third-order valence-corrected chi connectivity index (χ3v) is 4.68. The molecule has 0 aromatic carbocycles. The summed E-state index contributed by atoms with van der Waals surface area (Å²) in [6, 6.07) is 10.1. The van der Waals surface area contributed by atoms with Gasteiger partial charge in [0.05, 0.1) is 18.0 Å². The van der Waals surface area contributed by atoms with Crippen LogP contribution in [0.3, 0.4) is 0 Å². The van der Waals surface area contributed by atoms with Crippen LogP contribution >= 0.6 is 0 Å². The van der Waals surface area contributed by atoms with Gasteiger partial charge < -0.3 is 21.1 Å². The van der Waals surface area contributed by atoms with Gasteiger partial charge in [0.15, 0.2) is 5.65 Å². The average Bonchev–Trinajstić information content (AvgIpc) is 3.08. The summed E-state index contributed by atoms with van der Waals surface area (Å²) in [5, 5.41) is 24.0. The van der Waals surface area contributed by atoms with Gasteiger partial charge in [0, 0.05) is 13.1 Å². The van der Waals surface area contributed by atoms with Crippen molar-refractivity contribution in [2.24, 2.45) is 0 Å².